The molecule has 0 atom stereocenters. The largest absolute Gasteiger partial charge is 0.397 e. The Morgan fingerprint density at radius 1 is 0.719 bits per heavy atom. The maximum Gasteiger partial charge on any atom is 0.224 e. The van der Waals surface area contributed by atoms with Crippen molar-refractivity contribution in [3.05, 3.63) is 77.6 Å². The maximum atomic E-state index is 5.73. The first kappa shape index (κ1) is 23.5. The summed E-state index contributed by atoms with van der Waals surface area (Å²) in [5.74, 6) is 0.263. The van der Waals surface area contributed by atoms with Gasteiger partial charge in [-0.1, -0.05) is 48.6 Å². The molecule has 2 heterocycles. The van der Waals surface area contributed by atoms with Gasteiger partial charge in [0, 0.05) is 11.9 Å². The normalized spacial score (nSPS) is 10.0. The zero-order chi connectivity index (χ0) is 23.5. The minimum atomic E-state index is 0.0317. The van der Waals surface area contributed by atoms with Gasteiger partial charge in [-0.2, -0.15) is 15.1 Å². The highest BCUT2D eigenvalue weighted by Crippen LogP contribution is 2.18. The van der Waals surface area contributed by atoms with Crippen LogP contribution in [-0.4, -0.2) is 20.2 Å². The van der Waals surface area contributed by atoms with Gasteiger partial charge in [0.1, 0.15) is 5.69 Å². The molecule has 0 saturated heterocycles. The Morgan fingerprint density at radius 3 is 1.84 bits per heavy atom. The molecule has 2 aromatic carbocycles. The van der Waals surface area contributed by atoms with Gasteiger partial charge in [-0.25, -0.2) is 0 Å². The quantitative estimate of drug-likeness (QED) is 0.183. The number of rotatable bonds is 2. The van der Waals surface area contributed by atoms with E-state index < -0.39 is 0 Å². The van der Waals surface area contributed by atoms with Crippen molar-refractivity contribution in [3.63, 3.8) is 0 Å². The summed E-state index contributed by atoms with van der Waals surface area (Å²) in [5, 5.41) is 6.45. The van der Waals surface area contributed by atoms with Gasteiger partial charge in [0.05, 0.1) is 11.4 Å². The van der Waals surface area contributed by atoms with E-state index in [0.717, 1.165) is 16.8 Å². The number of aromatic nitrogens is 4. The van der Waals surface area contributed by atoms with Crippen molar-refractivity contribution in [1.29, 1.82) is 0 Å². The molecule has 0 radical (unpaired) electrons. The fourth-order valence-electron chi connectivity index (χ4n) is 2.30. The predicted octanol–water partition coefficient (Wildman–Crippen LogP) is 2.54. The van der Waals surface area contributed by atoms with E-state index in [1.807, 2.05) is 61.5 Å². The first-order chi connectivity index (χ1) is 15.3. The Morgan fingerprint density at radius 2 is 1.34 bits per heavy atom. The predicted molar refractivity (Wildman–Crippen MR) is 134 cm³/mol. The lowest BCUT2D eigenvalue weighted by Crippen LogP contribution is -2.07. The Bertz CT molecular complexity index is 1120. The van der Waals surface area contributed by atoms with Crippen molar-refractivity contribution in [2.75, 3.05) is 34.4 Å². The average molecular weight is 433 g/mol. The first-order valence-corrected chi connectivity index (χ1v) is 9.54. The molecule has 0 bridgehead atoms. The van der Waals surface area contributed by atoms with Gasteiger partial charge < -0.3 is 34.4 Å². The smallest absolute Gasteiger partial charge is 0.224 e. The van der Waals surface area contributed by atoms with Crippen LogP contribution in [0.5, 0.6) is 0 Å². The molecule has 0 amide bonds. The van der Waals surface area contributed by atoms with Gasteiger partial charge in [0.25, 0.3) is 0 Å². The maximum absolute atomic E-state index is 5.73. The molecule has 0 fully saturated rings. The number of nitrogen functional groups attached to an aromatic ring is 6. The fourth-order valence-corrected chi connectivity index (χ4v) is 2.30. The lowest BCUT2D eigenvalue weighted by molar-refractivity contribution is 1.05. The number of nitrogens with two attached hydrogens (primary N) is 6. The molecule has 0 aliphatic rings. The molecule has 0 unspecified atom stereocenters. The molecule has 32 heavy (non-hydrogen) atoms. The zero-order valence-electron chi connectivity index (χ0n) is 17.7. The van der Waals surface area contributed by atoms with Crippen molar-refractivity contribution in [2.45, 2.75) is 6.92 Å². The third-order valence-electron chi connectivity index (χ3n) is 4.04. The standard InChI is InChI=1S/C14H14N2.C4H8N6.C4H6N2/c15-13-9-8-12(10-14(13)16)7-6-11-4-2-1-3-5-11;5-1-2(6)9-4(8)10-3(1)7;1-4-2-3-5-6-4/h1-10H,15-16H2;5H2,(H6,6,7,8,9,10);2-3H,1H3,(H,5,6). The molecule has 0 aliphatic heterocycles. The Kier molecular flexibility index (Phi) is 8.43. The number of anilines is 6. The molecular formula is C22H28N10. The number of nitrogens with one attached hydrogen (secondary N) is 1. The number of H-pyrrole nitrogens is 1. The van der Waals surface area contributed by atoms with Gasteiger partial charge in [-0.3, -0.25) is 5.10 Å². The van der Waals surface area contributed by atoms with Gasteiger partial charge >= 0.3 is 0 Å². The minimum Gasteiger partial charge on any atom is -0.397 e. The van der Waals surface area contributed by atoms with Crippen LogP contribution in [0.25, 0.3) is 12.2 Å². The summed E-state index contributed by atoms with van der Waals surface area (Å²) < 4.78 is 0. The van der Waals surface area contributed by atoms with Crippen molar-refractivity contribution in [3.8, 4) is 0 Å². The van der Waals surface area contributed by atoms with Gasteiger partial charge in [-0.15, -0.1) is 0 Å². The lowest BCUT2D eigenvalue weighted by Gasteiger charge is -2.01. The van der Waals surface area contributed by atoms with Gasteiger partial charge in [0.2, 0.25) is 5.95 Å². The van der Waals surface area contributed by atoms with Crippen LogP contribution in [0.1, 0.15) is 16.8 Å². The van der Waals surface area contributed by atoms with Crippen LogP contribution in [0, 0.1) is 6.92 Å². The van der Waals surface area contributed by atoms with Crippen LogP contribution in [0.3, 0.4) is 0 Å². The summed E-state index contributed by atoms with van der Waals surface area (Å²) in [5.41, 5.74) is 37.2. The van der Waals surface area contributed by atoms with E-state index in [0.29, 0.717) is 11.4 Å². The van der Waals surface area contributed by atoms with Crippen LogP contribution in [0.2, 0.25) is 0 Å². The van der Waals surface area contributed by atoms with Gasteiger partial charge in [-0.05, 0) is 36.2 Å². The summed E-state index contributed by atoms with van der Waals surface area (Å²) in [6, 6.07) is 17.7. The second-order valence-electron chi connectivity index (χ2n) is 6.64. The lowest BCUT2D eigenvalue weighted by atomic mass is 10.1. The Balaban J connectivity index is 0.000000192. The summed E-state index contributed by atoms with van der Waals surface area (Å²) in [4.78, 5) is 7.15. The zero-order valence-corrected chi connectivity index (χ0v) is 17.7. The summed E-state index contributed by atoms with van der Waals surface area (Å²) in [6.45, 7) is 1.97. The number of hydrogen-bond acceptors (Lipinski definition) is 9. The Hall–Kier alpha value is -4.73. The molecule has 166 valence electrons. The van der Waals surface area contributed by atoms with Crippen LogP contribution >= 0.6 is 0 Å². The third-order valence-corrected chi connectivity index (χ3v) is 4.04. The van der Waals surface area contributed by atoms with Crippen LogP contribution in [0.4, 0.5) is 34.6 Å². The van der Waals surface area contributed by atoms with E-state index in [1.54, 1.807) is 6.20 Å². The van der Waals surface area contributed by atoms with Crippen LogP contribution in [0.15, 0.2) is 60.8 Å². The summed E-state index contributed by atoms with van der Waals surface area (Å²) >= 11 is 0. The van der Waals surface area contributed by atoms with Crippen LogP contribution in [-0.2, 0) is 0 Å². The van der Waals surface area contributed by atoms with Crippen molar-refractivity contribution in [2.24, 2.45) is 0 Å². The molecule has 10 nitrogen and oxygen atoms in total. The molecule has 0 aliphatic carbocycles. The molecule has 10 heteroatoms. The van der Waals surface area contributed by atoms with Crippen molar-refractivity contribution < 1.29 is 0 Å². The highest BCUT2D eigenvalue weighted by molar-refractivity contribution is 5.74. The van der Waals surface area contributed by atoms with E-state index in [1.165, 1.54) is 0 Å². The minimum absolute atomic E-state index is 0.0317. The topological polar surface area (TPSA) is 211 Å². The van der Waals surface area contributed by atoms with Gasteiger partial charge in [0.15, 0.2) is 11.6 Å². The van der Waals surface area contributed by atoms with Crippen molar-refractivity contribution in [1.82, 2.24) is 20.2 Å². The number of aryl methyl sites for hydroxylation is 1. The summed E-state index contributed by atoms with van der Waals surface area (Å²) in [6.07, 6.45) is 5.80. The van der Waals surface area contributed by atoms with E-state index in [4.69, 9.17) is 34.4 Å². The van der Waals surface area contributed by atoms with E-state index in [9.17, 15) is 0 Å². The molecular weight excluding hydrogens is 404 g/mol. The Labute approximate surface area is 186 Å². The first-order valence-electron chi connectivity index (χ1n) is 9.54. The SMILES string of the molecule is Cc1ccn[nH]1.Nc1ccc(C=Cc2ccccc2)cc1N.Nc1nc(N)c(N)c(N)n1. The average Bonchev–Trinajstić information content (AvgIpc) is 3.25. The number of hydrogen-bond donors (Lipinski definition) is 7. The highest BCUT2D eigenvalue weighted by Gasteiger charge is 2.02. The second-order valence-corrected chi connectivity index (χ2v) is 6.64. The monoisotopic (exact) mass is 432 g/mol. The molecule has 0 saturated carbocycles. The fraction of sp³-hybridized carbons (Fsp3) is 0.0455. The molecule has 2 aromatic heterocycles. The molecule has 4 rings (SSSR count). The number of aromatic amines is 1. The molecule has 0 spiro atoms. The highest BCUT2D eigenvalue weighted by atomic mass is 15.1. The third kappa shape index (κ3) is 7.59. The van der Waals surface area contributed by atoms with E-state index >= 15 is 0 Å². The molecule has 4 aromatic rings. The van der Waals surface area contributed by atoms with Crippen LogP contribution < -0.4 is 34.4 Å². The van der Waals surface area contributed by atoms with E-state index in [-0.39, 0.29) is 23.3 Å². The number of benzene rings is 2. The number of nitrogens with zero attached hydrogens (tertiary/aromatic N) is 3. The van der Waals surface area contributed by atoms with E-state index in [2.05, 4.69) is 32.3 Å². The molecule has 13 N–H and O–H groups in total. The second kappa shape index (κ2) is 11.5. The van der Waals surface area contributed by atoms with Crippen molar-refractivity contribution >= 4 is 46.8 Å². The summed E-state index contributed by atoms with van der Waals surface area (Å²) in [7, 11) is 0.